The molecule has 1 heterocycles. The van der Waals surface area contributed by atoms with Gasteiger partial charge in [-0.3, -0.25) is 0 Å². The highest BCUT2D eigenvalue weighted by atomic mass is 28.2. The molecule has 1 radical (unpaired) electrons. The molecular weight excluding hydrogens is 210 g/mol. The van der Waals surface area contributed by atoms with Crippen LogP contribution in [0.2, 0.25) is 0 Å². The van der Waals surface area contributed by atoms with Crippen molar-refractivity contribution in [2.45, 2.75) is 13.8 Å². The summed E-state index contributed by atoms with van der Waals surface area (Å²) in [4.78, 5) is 6.13. The van der Waals surface area contributed by atoms with Crippen molar-refractivity contribution in [3.8, 4) is 0 Å². The summed E-state index contributed by atoms with van der Waals surface area (Å²) in [6, 6.07) is 12.7. The first-order chi connectivity index (χ1) is 7.75. The quantitative estimate of drug-likeness (QED) is 0.515. The van der Waals surface area contributed by atoms with Crippen molar-refractivity contribution in [1.82, 2.24) is 0 Å². The number of aryl methyl sites for hydroxylation is 1. The number of benzene rings is 2. The van der Waals surface area contributed by atoms with E-state index >= 15 is 0 Å². The molecule has 1 nitrogen and oxygen atoms in total. The van der Waals surface area contributed by atoms with Crippen molar-refractivity contribution in [3.05, 3.63) is 57.7 Å². The fourth-order valence-electron chi connectivity index (χ4n) is 1.99. The van der Waals surface area contributed by atoms with E-state index in [1.807, 2.05) is 0 Å². The predicted molar refractivity (Wildman–Crippen MR) is 67.4 cm³/mol. The minimum atomic E-state index is 0.745. The molecule has 2 aromatic rings. The first-order valence-corrected chi connectivity index (χ1v) is 6.44. The number of hydrogen-bond donors (Lipinski definition) is 0. The Bertz CT molecular complexity index is 686. The molecule has 1 aliphatic heterocycles. The lowest BCUT2D eigenvalue weighted by Crippen LogP contribution is -2.21. The molecule has 2 aromatic carbocycles. The average Bonchev–Trinajstić information content (AvgIpc) is 2.32. The molecule has 0 spiro atoms. The van der Waals surface area contributed by atoms with Crippen LogP contribution in [0.4, 0.5) is 5.69 Å². The minimum absolute atomic E-state index is 0.745. The third-order valence-electron chi connectivity index (χ3n) is 3.12. The van der Waals surface area contributed by atoms with Gasteiger partial charge in [0.1, 0.15) is 0 Å². The summed E-state index contributed by atoms with van der Waals surface area (Å²) in [6.07, 6.45) is 0. The molecule has 0 amide bonds. The number of hydrogen-bond acceptors (Lipinski definition) is 1. The second-order valence-corrected chi connectivity index (χ2v) is 5.44. The first-order valence-electron chi connectivity index (χ1n) is 5.44. The van der Waals surface area contributed by atoms with E-state index in [1.54, 1.807) is 0 Å². The van der Waals surface area contributed by atoms with Crippen molar-refractivity contribution < 1.29 is 0 Å². The van der Waals surface area contributed by atoms with Gasteiger partial charge in [0.05, 0.1) is 20.2 Å². The van der Waals surface area contributed by atoms with E-state index in [1.165, 1.54) is 21.1 Å². The van der Waals surface area contributed by atoms with Crippen molar-refractivity contribution in [3.63, 3.8) is 0 Å². The van der Waals surface area contributed by atoms with Gasteiger partial charge in [-0.25, -0.2) is 4.99 Å². The lowest BCUT2D eigenvalue weighted by molar-refractivity contribution is 1.23. The summed E-state index contributed by atoms with van der Waals surface area (Å²) < 4.78 is 0. The standard InChI is InChI=1S/C14H12NSi/c1-9-7-8-12-14(10(9)2)16-13-6-4-3-5-11(13)15-12/h3-8H,1-2H3. The van der Waals surface area contributed by atoms with Crippen molar-refractivity contribution in [2.75, 3.05) is 0 Å². The summed E-state index contributed by atoms with van der Waals surface area (Å²) in [5.74, 6) is 0. The molecule has 16 heavy (non-hydrogen) atoms. The first kappa shape index (κ1) is 9.67. The second-order valence-electron chi connectivity index (χ2n) is 4.16. The van der Waals surface area contributed by atoms with Gasteiger partial charge in [-0.05, 0) is 47.1 Å². The zero-order valence-electron chi connectivity index (χ0n) is 9.41. The molecule has 0 fully saturated rings. The Balaban J connectivity index is 2.43. The monoisotopic (exact) mass is 222 g/mol. The van der Waals surface area contributed by atoms with Crippen LogP contribution < -0.4 is 10.5 Å². The molecular formula is C14H12NSi. The lowest BCUT2D eigenvalue weighted by Gasteiger charge is -2.08. The molecule has 77 valence electrons. The smallest absolute Gasteiger partial charge is 0.0747 e. The number of nitrogens with zero attached hydrogens (tertiary/aromatic N) is 1. The van der Waals surface area contributed by atoms with Gasteiger partial charge in [0.25, 0.3) is 0 Å². The SMILES string of the molecule is Cc1ccc2c(c1C)=[Si]c1ccccc1N=2. The van der Waals surface area contributed by atoms with E-state index in [0.717, 1.165) is 20.2 Å². The van der Waals surface area contributed by atoms with E-state index < -0.39 is 0 Å². The fraction of sp³-hybridized carbons (Fsp3) is 0.143. The van der Waals surface area contributed by atoms with E-state index in [4.69, 9.17) is 4.99 Å². The Labute approximate surface area is 96.9 Å². The highest BCUT2D eigenvalue weighted by Crippen LogP contribution is 2.10. The number of rotatable bonds is 0. The van der Waals surface area contributed by atoms with Gasteiger partial charge in [0, 0.05) is 0 Å². The largest absolute Gasteiger partial charge is 0.249 e. The summed E-state index contributed by atoms with van der Waals surface area (Å²) in [5.41, 5.74) is 3.89. The van der Waals surface area contributed by atoms with Gasteiger partial charge in [-0.15, -0.1) is 0 Å². The van der Waals surface area contributed by atoms with E-state index in [9.17, 15) is 0 Å². The second kappa shape index (κ2) is 3.49. The minimum Gasteiger partial charge on any atom is -0.249 e. The third-order valence-corrected chi connectivity index (χ3v) is 4.69. The van der Waals surface area contributed by atoms with Gasteiger partial charge in [0.2, 0.25) is 0 Å². The van der Waals surface area contributed by atoms with E-state index in [2.05, 4.69) is 50.2 Å². The third kappa shape index (κ3) is 1.38. The molecule has 3 rings (SSSR count). The highest BCUT2D eigenvalue weighted by molar-refractivity contribution is 6.48. The van der Waals surface area contributed by atoms with Crippen LogP contribution in [0.25, 0.3) is 0 Å². The van der Waals surface area contributed by atoms with E-state index in [0.29, 0.717) is 0 Å². The van der Waals surface area contributed by atoms with E-state index in [-0.39, 0.29) is 0 Å². The van der Waals surface area contributed by atoms with Gasteiger partial charge < -0.3 is 0 Å². The van der Waals surface area contributed by atoms with Gasteiger partial charge in [0.15, 0.2) is 0 Å². The van der Waals surface area contributed by atoms with Crippen LogP contribution in [0.15, 0.2) is 41.4 Å². The summed E-state index contributed by atoms with van der Waals surface area (Å²) in [7, 11) is 0.745. The molecule has 0 saturated carbocycles. The molecule has 0 unspecified atom stereocenters. The summed E-state index contributed by atoms with van der Waals surface area (Å²) >= 11 is 0. The molecule has 0 aromatic heterocycles. The zero-order valence-corrected chi connectivity index (χ0v) is 10.4. The van der Waals surface area contributed by atoms with Crippen LogP contribution in [0.3, 0.4) is 0 Å². The molecule has 0 aliphatic carbocycles. The molecule has 2 heteroatoms. The topological polar surface area (TPSA) is 12.4 Å². The van der Waals surface area contributed by atoms with Crippen LogP contribution in [0, 0.1) is 18.7 Å². The van der Waals surface area contributed by atoms with Gasteiger partial charge >= 0.3 is 0 Å². The molecule has 0 N–H and O–H groups in total. The predicted octanol–water partition coefficient (Wildman–Crippen LogP) is 1.85. The molecule has 0 atom stereocenters. The summed E-state index contributed by atoms with van der Waals surface area (Å²) in [5, 5.41) is 2.52. The van der Waals surface area contributed by atoms with Gasteiger partial charge in [-0.1, -0.05) is 24.3 Å². The average molecular weight is 222 g/mol. The number of para-hydroxylation sites is 1. The maximum absolute atomic E-state index is 4.72. The van der Waals surface area contributed by atoms with Crippen molar-refractivity contribution >= 4 is 20.0 Å². The van der Waals surface area contributed by atoms with Gasteiger partial charge in [-0.2, -0.15) is 0 Å². The van der Waals surface area contributed by atoms with Crippen LogP contribution in [0.5, 0.6) is 0 Å². The van der Waals surface area contributed by atoms with Crippen LogP contribution >= 0.6 is 0 Å². The van der Waals surface area contributed by atoms with Crippen molar-refractivity contribution in [2.24, 2.45) is 4.99 Å². The molecule has 0 saturated heterocycles. The highest BCUT2D eigenvalue weighted by Gasteiger charge is 2.05. The Morgan fingerprint density at radius 1 is 1.00 bits per heavy atom. The molecule has 1 aliphatic rings. The fourth-order valence-corrected chi connectivity index (χ4v) is 3.36. The van der Waals surface area contributed by atoms with Crippen LogP contribution in [0.1, 0.15) is 11.1 Å². The summed E-state index contributed by atoms with van der Waals surface area (Å²) in [6.45, 7) is 4.37. The lowest BCUT2D eigenvalue weighted by atomic mass is 10.1. The van der Waals surface area contributed by atoms with Crippen LogP contribution in [-0.4, -0.2) is 9.13 Å². The maximum Gasteiger partial charge on any atom is 0.0747 e. The Morgan fingerprint density at radius 3 is 2.69 bits per heavy atom. The number of fused-ring (bicyclic) bond motifs is 2. The Morgan fingerprint density at radius 2 is 1.81 bits per heavy atom. The molecule has 0 bridgehead atoms. The zero-order chi connectivity index (χ0) is 11.1. The Kier molecular flexibility index (Phi) is 2.11. The normalized spacial score (nSPS) is 12.1. The van der Waals surface area contributed by atoms with Crippen LogP contribution in [-0.2, 0) is 0 Å². The maximum atomic E-state index is 4.72. The van der Waals surface area contributed by atoms with Crippen molar-refractivity contribution in [1.29, 1.82) is 0 Å². The Hall–Kier alpha value is -1.54.